The van der Waals surface area contributed by atoms with Crippen LogP contribution >= 0.6 is 0 Å². The van der Waals surface area contributed by atoms with Gasteiger partial charge in [-0.25, -0.2) is 0 Å². The lowest BCUT2D eigenvalue weighted by Gasteiger charge is -2.05. The van der Waals surface area contributed by atoms with Crippen LogP contribution in [0.25, 0.3) is 0 Å². The Kier molecular flexibility index (Phi) is 8.69. The van der Waals surface area contributed by atoms with Crippen LogP contribution in [0, 0.1) is 5.41 Å². The maximum absolute atomic E-state index is 2.19. The third kappa shape index (κ3) is 14.4. The van der Waals surface area contributed by atoms with E-state index in [1.807, 2.05) is 42.2 Å². The molecule has 0 aliphatic carbocycles. The Bertz CT molecular complexity index is 387. The molecule has 1 aromatic heterocycles. The topological polar surface area (TPSA) is 4.93 Å². The summed E-state index contributed by atoms with van der Waals surface area (Å²) in [6.45, 7) is 10.9. The van der Waals surface area contributed by atoms with Gasteiger partial charge in [0.25, 0.3) is 0 Å². The molecule has 0 aliphatic heterocycles. The quantitative estimate of drug-likeness (QED) is 0.652. The molecule has 1 heteroatoms. The summed E-state index contributed by atoms with van der Waals surface area (Å²) in [6, 6.07) is 14.5. The van der Waals surface area contributed by atoms with E-state index in [-0.39, 0.29) is 0 Å². The van der Waals surface area contributed by atoms with Gasteiger partial charge in [0.2, 0.25) is 0 Å². The molecule has 0 unspecified atom stereocenters. The van der Waals surface area contributed by atoms with Crippen LogP contribution in [0.3, 0.4) is 0 Å². The van der Waals surface area contributed by atoms with Crippen LogP contribution in [0.1, 0.15) is 40.2 Å². The predicted molar refractivity (Wildman–Crippen MR) is 86.4 cm³/mol. The van der Waals surface area contributed by atoms with E-state index in [9.17, 15) is 0 Å². The number of rotatable bonds is 1. The summed E-state index contributed by atoms with van der Waals surface area (Å²) in [6.07, 6.45) is 5.14. The minimum atomic E-state index is 0.500. The fourth-order valence-corrected chi connectivity index (χ4v) is 1.13. The lowest BCUT2D eigenvalue weighted by molar-refractivity contribution is 0.469. The Morgan fingerprint density at radius 2 is 1.26 bits per heavy atom. The van der Waals surface area contributed by atoms with Crippen molar-refractivity contribution >= 4 is 0 Å². The Balaban J connectivity index is 0.000000265. The first-order valence-corrected chi connectivity index (χ1v) is 6.93. The average Bonchev–Trinajstić information content (AvgIpc) is 2.80. The van der Waals surface area contributed by atoms with E-state index >= 15 is 0 Å². The Morgan fingerprint density at radius 1 is 0.842 bits per heavy atom. The highest BCUT2D eigenvalue weighted by Gasteiger charge is 1.95. The summed E-state index contributed by atoms with van der Waals surface area (Å²) in [5.74, 6) is 0. The Labute approximate surface area is 119 Å². The molecule has 0 saturated carbocycles. The summed E-state index contributed by atoms with van der Waals surface area (Å²) < 4.78 is 2.00. The highest BCUT2D eigenvalue weighted by atomic mass is 14.9. The molecule has 0 bridgehead atoms. The maximum atomic E-state index is 2.19. The molecule has 0 saturated heterocycles. The highest BCUT2D eigenvalue weighted by Crippen LogP contribution is 2.08. The van der Waals surface area contributed by atoms with Gasteiger partial charge in [0, 0.05) is 19.4 Å². The number of aromatic nitrogens is 1. The van der Waals surface area contributed by atoms with Gasteiger partial charge in [-0.2, -0.15) is 0 Å². The zero-order chi connectivity index (χ0) is 14.7. The first kappa shape index (κ1) is 17.5. The van der Waals surface area contributed by atoms with Crippen LogP contribution < -0.4 is 0 Å². The van der Waals surface area contributed by atoms with Crippen molar-refractivity contribution in [2.75, 3.05) is 0 Å². The van der Waals surface area contributed by atoms with Gasteiger partial charge in [-0.05, 0) is 29.5 Å². The molecule has 0 fully saturated rings. The number of hydrogen-bond donors (Lipinski definition) is 0. The lowest BCUT2D eigenvalue weighted by Crippen LogP contribution is -1.93. The number of nitrogens with zero attached hydrogens (tertiary/aromatic N) is 1. The van der Waals surface area contributed by atoms with E-state index in [2.05, 4.69) is 58.9 Å². The standard InChI is InChI=1S/C8H10.C5H7N.C5H12/c1-2-8-6-4-3-5-7-8;1-6-4-2-3-5-6;1-5(2,3)4/h3-7H,2H2,1H3;2-5H,1H3;1-4H3. The molecule has 2 rings (SSSR count). The lowest BCUT2D eigenvalue weighted by atomic mass is 10.0. The van der Waals surface area contributed by atoms with Gasteiger partial charge >= 0.3 is 0 Å². The van der Waals surface area contributed by atoms with Crippen molar-refractivity contribution in [3.8, 4) is 0 Å². The van der Waals surface area contributed by atoms with Gasteiger partial charge in [-0.3, -0.25) is 0 Å². The molecule has 106 valence electrons. The molecule has 0 aliphatic rings. The minimum absolute atomic E-state index is 0.500. The number of benzene rings is 1. The number of hydrogen-bond acceptors (Lipinski definition) is 0. The van der Waals surface area contributed by atoms with Gasteiger partial charge in [-0.1, -0.05) is 65.0 Å². The summed E-state index contributed by atoms with van der Waals surface area (Å²) in [4.78, 5) is 0. The number of aryl methyl sites for hydroxylation is 2. The van der Waals surface area contributed by atoms with Crippen molar-refractivity contribution in [3.05, 3.63) is 60.4 Å². The van der Waals surface area contributed by atoms with Gasteiger partial charge < -0.3 is 4.57 Å². The molecule has 0 N–H and O–H groups in total. The fraction of sp³-hybridized carbons (Fsp3) is 0.444. The average molecular weight is 259 g/mol. The zero-order valence-electron chi connectivity index (χ0n) is 13.4. The second kappa shape index (κ2) is 9.43. The third-order valence-corrected chi connectivity index (χ3v) is 2.00. The Hall–Kier alpha value is -1.50. The van der Waals surface area contributed by atoms with E-state index in [0.717, 1.165) is 6.42 Å². The molecule has 0 radical (unpaired) electrons. The van der Waals surface area contributed by atoms with Crippen molar-refractivity contribution in [2.24, 2.45) is 12.5 Å². The zero-order valence-corrected chi connectivity index (χ0v) is 13.4. The molecular weight excluding hydrogens is 230 g/mol. The predicted octanol–water partition coefficient (Wildman–Crippen LogP) is 5.33. The normalized spacial score (nSPS) is 9.79. The van der Waals surface area contributed by atoms with Crippen molar-refractivity contribution in [3.63, 3.8) is 0 Å². The second-order valence-electron chi connectivity index (χ2n) is 6.19. The first-order valence-electron chi connectivity index (χ1n) is 6.93. The summed E-state index contributed by atoms with van der Waals surface area (Å²) in [5.41, 5.74) is 1.91. The largest absolute Gasteiger partial charge is 0.357 e. The molecule has 19 heavy (non-hydrogen) atoms. The van der Waals surface area contributed by atoms with E-state index in [4.69, 9.17) is 0 Å². The SMILES string of the molecule is CC(C)(C)C.CCc1ccccc1.Cn1cccc1. The van der Waals surface area contributed by atoms with Gasteiger partial charge in [0.1, 0.15) is 0 Å². The molecule has 2 aromatic rings. The van der Waals surface area contributed by atoms with Crippen LogP contribution in [0.5, 0.6) is 0 Å². The van der Waals surface area contributed by atoms with Gasteiger partial charge in [0.15, 0.2) is 0 Å². The van der Waals surface area contributed by atoms with E-state index in [1.54, 1.807) is 0 Å². The van der Waals surface area contributed by atoms with Crippen LogP contribution in [-0.2, 0) is 13.5 Å². The molecule has 1 nitrogen and oxygen atoms in total. The smallest absolute Gasteiger partial charge is 0.0106 e. The molecule has 0 spiro atoms. The van der Waals surface area contributed by atoms with Crippen molar-refractivity contribution in [1.82, 2.24) is 4.57 Å². The van der Waals surface area contributed by atoms with Crippen molar-refractivity contribution in [2.45, 2.75) is 41.0 Å². The van der Waals surface area contributed by atoms with Crippen LogP contribution in [-0.4, -0.2) is 4.57 Å². The molecule has 1 heterocycles. The maximum Gasteiger partial charge on any atom is 0.0106 e. The summed E-state index contributed by atoms with van der Waals surface area (Å²) in [7, 11) is 2.00. The van der Waals surface area contributed by atoms with Crippen LogP contribution in [0.15, 0.2) is 54.9 Å². The molecule has 1 aromatic carbocycles. The van der Waals surface area contributed by atoms with Gasteiger partial charge in [-0.15, -0.1) is 0 Å². The van der Waals surface area contributed by atoms with Gasteiger partial charge in [0.05, 0.1) is 0 Å². The first-order chi connectivity index (χ1) is 8.83. The summed E-state index contributed by atoms with van der Waals surface area (Å²) >= 11 is 0. The van der Waals surface area contributed by atoms with Crippen molar-refractivity contribution < 1.29 is 0 Å². The molecule has 0 atom stereocenters. The van der Waals surface area contributed by atoms with Crippen molar-refractivity contribution in [1.29, 1.82) is 0 Å². The Morgan fingerprint density at radius 3 is 1.47 bits per heavy atom. The van der Waals surface area contributed by atoms with E-state index in [1.165, 1.54) is 5.56 Å². The molecular formula is C18H29N. The van der Waals surface area contributed by atoms with E-state index in [0.29, 0.717) is 5.41 Å². The van der Waals surface area contributed by atoms with Crippen LogP contribution in [0.4, 0.5) is 0 Å². The third-order valence-electron chi connectivity index (χ3n) is 2.00. The summed E-state index contributed by atoms with van der Waals surface area (Å²) in [5, 5.41) is 0. The fourth-order valence-electron chi connectivity index (χ4n) is 1.13. The molecule has 0 amide bonds. The highest BCUT2D eigenvalue weighted by molar-refractivity contribution is 5.13. The van der Waals surface area contributed by atoms with Crippen LogP contribution in [0.2, 0.25) is 0 Å². The monoisotopic (exact) mass is 259 g/mol. The second-order valence-corrected chi connectivity index (χ2v) is 6.19. The van der Waals surface area contributed by atoms with E-state index < -0.39 is 0 Å². The minimum Gasteiger partial charge on any atom is -0.357 e.